The smallest absolute Gasteiger partial charge is 0.186 e. The number of aliphatic hydroxyl groups is 5. The van der Waals surface area contributed by atoms with Crippen LogP contribution in [-0.4, -0.2) is 124 Å². The highest BCUT2D eigenvalue weighted by Gasteiger charge is 2.50. The first-order valence-electron chi connectivity index (χ1n) is 10.8. The molecular formula is C18H37N5O9. The van der Waals surface area contributed by atoms with E-state index < -0.39 is 92.2 Å². The van der Waals surface area contributed by atoms with E-state index in [9.17, 15) is 25.5 Å². The Balaban J connectivity index is 1.70. The molecule has 188 valence electrons. The van der Waals surface area contributed by atoms with Crippen molar-refractivity contribution in [2.24, 2.45) is 28.7 Å². The van der Waals surface area contributed by atoms with Gasteiger partial charge in [0.05, 0.1) is 30.9 Å². The van der Waals surface area contributed by atoms with E-state index in [0.29, 0.717) is 0 Å². The molecule has 3 rings (SSSR count). The number of rotatable bonds is 6. The average Bonchev–Trinajstić information content (AvgIpc) is 2.75. The molecule has 0 aromatic carbocycles. The minimum atomic E-state index is -1.44. The maximum atomic E-state index is 11.0. The molecule has 0 aromatic heterocycles. The topological polar surface area (TPSA) is 268 Å². The molecule has 0 bridgehead atoms. The molecule has 15 N–H and O–H groups in total. The van der Waals surface area contributed by atoms with Crippen LogP contribution >= 0.6 is 0 Å². The summed E-state index contributed by atoms with van der Waals surface area (Å²) in [5.74, 6) is 0. The molecule has 0 spiro atoms. The summed E-state index contributed by atoms with van der Waals surface area (Å²) in [7, 11) is 0. The fourth-order valence-corrected chi connectivity index (χ4v) is 4.43. The van der Waals surface area contributed by atoms with E-state index in [1.165, 1.54) is 0 Å². The van der Waals surface area contributed by atoms with Crippen LogP contribution in [0.15, 0.2) is 0 Å². The Kier molecular flexibility index (Phi) is 8.79. The fraction of sp³-hybridized carbons (Fsp3) is 1.00. The van der Waals surface area contributed by atoms with Crippen LogP contribution in [0.4, 0.5) is 0 Å². The van der Waals surface area contributed by atoms with Gasteiger partial charge in [-0.3, -0.25) is 0 Å². The molecule has 32 heavy (non-hydrogen) atoms. The summed E-state index contributed by atoms with van der Waals surface area (Å²) in [4.78, 5) is 0. The highest BCUT2D eigenvalue weighted by atomic mass is 16.7. The molecule has 14 nitrogen and oxygen atoms in total. The summed E-state index contributed by atoms with van der Waals surface area (Å²) in [5, 5.41) is 50.7. The highest BCUT2D eigenvalue weighted by Crippen LogP contribution is 2.30. The zero-order valence-corrected chi connectivity index (χ0v) is 17.7. The van der Waals surface area contributed by atoms with Crippen molar-refractivity contribution < 1.29 is 44.5 Å². The molecule has 0 amide bonds. The van der Waals surface area contributed by atoms with E-state index in [4.69, 9.17) is 47.6 Å². The molecule has 0 unspecified atom stereocenters. The lowest BCUT2D eigenvalue weighted by atomic mass is 9.84. The Bertz CT molecular complexity index is 607. The van der Waals surface area contributed by atoms with Crippen LogP contribution in [-0.2, 0) is 18.9 Å². The van der Waals surface area contributed by atoms with Gasteiger partial charge in [-0.1, -0.05) is 0 Å². The zero-order chi connectivity index (χ0) is 23.7. The Morgan fingerprint density at radius 1 is 0.719 bits per heavy atom. The second kappa shape index (κ2) is 10.8. The molecule has 2 aliphatic heterocycles. The average molecular weight is 468 g/mol. The van der Waals surface area contributed by atoms with Crippen molar-refractivity contribution >= 4 is 0 Å². The number of hydrogen-bond acceptors (Lipinski definition) is 14. The van der Waals surface area contributed by atoms with Crippen LogP contribution in [0, 0.1) is 0 Å². The normalized spacial score (nSPS) is 52.7. The quantitative estimate of drug-likeness (QED) is 0.174. The van der Waals surface area contributed by atoms with Crippen molar-refractivity contribution in [1.82, 2.24) is 0 Å². The molecule has 1 saturated carbocycles. The zero-order valence-electron chi connectivity index (χ0n) is 17.7. The Labute approximate surface area is 185 Å². The van der Waals surface area contributed by atoms with Gasteiger partial charge in [0.1, 0.15) is 36.6 Å². The number of nitrogens with two attached hydrogens (primary N) is 5. The maximum Gasteiger partial charge on any atom is 0.186 e. The van der Waals surface area contributed by atoms with Crippen LogP contribution < -0.4 is 28.7 Å². The maximum absolute atomic E-state index is 11.0. The molecule has 14 heteroatoms. The van der Waals surface area contributed by atoms with E-state index in [1.807, 2.05) is 0 Å². The van der Waals surface area contributed by atoms with Gasteiger partial charge in [-0.25, -0.2) is 0 Å². The summed E-state index contributed by atoms with van der Waals surface area (Å²) < 4.78 is 22.7. The van der Waals surface area contributed by atoms with E-state index in [1.54, 1.807) is 0 Å². The lowest BCUT2D eigenvalue weighted by Gasteiger charge is -2.47. The lowest BCUT2D eigenvalue weighted by molar-refractivity contribution is -0.314. The number of aliphatic hydroxyl groups excluding tert-OH is 5. The SMILES string of the molecule is NC[C@H]1O[C@H](O[C@H]2[C@@H](O)[C@@H](O[C@H]3O[C@H](CO)[C@@H](O)[C@H](N)[C@@H]3O)[C@H](N)C[C@@H]2N)[C@H](N)C[C@H]1O. The molecule has 1 aliphatic carbocycles. The van der Waals surface area contributed by atoms with Crippen LogP contribution in [0.2, 0.25) is 0 Å². The van der Waals surface area contributed by atoms with Gasteiger partial charge >= 0.3 is 0 Å². The van der Waals surface area contributed by atoms with Crippen LogP contribution in [0.25, 0.3) is 0 Å². The standard InChI is InChI=1S/C18H37N5O9/c19-3-9-8(25)2-7(22)17(29-9)31-15-5(20)1-6(21)16(14(15)28)32-18-13(27)11(23)12(26)10(4-24)30-18/h5-18,24-28H,1-4,19-23H2/t5-,6+,7+,8+,9+,10+,11-,12+,13-,14+,15+,16-,17+,18+/m0/s1. The van der Waals surface area contributed by atoms with Gasteiger partial charge in [0, 0.05) is 18.6 Å². The lowest BCUT2D eigenvalue weighted by Crippen LogP contribution is -2.68. The van der Waals surface area contributed by atoms with Crippen molar-refractivity contribution in [3.63, 3.8) is 0 Å². The van der Waals surface area contributed by atoms with Gasteiger partial charge in [-0.05, 0) is 12.8 Å². The first kappa shape index (κ1) is 26.1. The molecule has 3 fully saturated rings. The van der Waals surface area contributed by atoms with Gasteiger partial charge in [0.2, 0.25) is 0 Å². The highest BCUT2D eigenvalue weighted by molar-refractivity contribution is 5.01. The third-order valence-corrected chi connectivity index (χ3v) is 6.41. The van der Waals surface area contributed by atoms with E-state index in [0.717, 1.165) is 0 Å². The van der Waals surface area contributed by atoms with Crippen molar-refractivity contribution in [2.75, 3.05) is 13.2 Å². The van der Waals surface area contributed by atoms with E-state index >= 15 is 0 Å². The minimum absolute atomic E-state index is 0.0542. The summed E-state index contributed by atoms with van der Waals surface area (Å²) >= 11 is 0. The molecule has 0 radical (unpaired) electrons. The molecule has 2 saturated heterocycles. The van der Waals surface area contributed by atoms with Crippen LogP contribution in [0.5, 0.6) is 0 Å². The molecule has 0 aromatic rings. The second-order valence-corrected chi connectivity index (χ2v) is 8.78. The Morgan fingerprint density at radius 2 is 1.28 bits per heavy atom. The van der Waals surface area contributed by atoms with Gasteiger partial charge in [-0.15, -0.1) is 0 Å². The van der Waals surface area contributed by atoms with Crippen molar-refractivity contribution in [3.05, 3.63) is 0 Å². The van der Waals surface area contributed by atoms with E-state index in [2.05, 4.69) is 0 Å². The third-order valence-electron chi connectivity index (χ3n) is 6.41. The summed E-state index contributed by atoms with van der Waals surface area (Å²) in [6.45, 7) is -0.499. The van der Waals surface area contributed by atoms with Gasteiger partial charge in [-0.2, -0.15) is 0 Å². The predicted octanol–water partition coefficient (Wildman–Crippen LogP) is -6.30. The van der Waals surface area contributed by atoms with Crippen molar-refractivity contribution in [3.8, 4) is 0 Å². The summed E-state index contributed by atoms with van der Waals surface area (Å²) in [6, 6.07) is -3.27. The fourth-order valence-electron chi connectivity index (χ4n) is 4.43. The largest absolute Gasteiger partial charge is 0.394 e. The van der Waals surface area contributed by atoms with Crippen LogP contribution in [0.3, 0.4) is 0 Å². The van der Waals surface area contributed by atoms with Gasteiger partial charge < -0.3 is 73.1 Å². The molecule has 3 aliphatic rings. The van der Waals surface area contributed by atoms with Crippen LogP contribution in [0.1, 0.15) is 12.8 Å². The Morgan fingerprint density at radius 3 is 1.84 bits per heavy atom. The number of ether oxygens (including phenoxy) is 4. The second-order valence-electron chi connectivity index (χ2n) is 8.78. The Hall–Kier alpha value is -0.560. The van der Waals surface area contributed by atoms with E-state index in [-0.39, 0.29) is 19.4 Å². The van der Waals surface area contributed by atoms with Crippen molar-refractivity contribution in [2.45, 2.75) is 98.4 Å². The number of hydrogen-bond donors (Lipinski definition) is 10. The molecule has 2 heterocycles. The third kappa shape index (κ3) is 5.24. The first-order chi connectivity index (χ1) is 15.1. The first-order valence-corrected chi connectivity index (χ1v) is 10.8. The summed E-state index contributed by atoms with van der Waals surface area (Å²) in [5.41, 5.74) is 29.8. The molecule has 14 atom stereocenters. The molecular weight excluding hydrogens is 430 g/mol. The van der Waals surface area contributed by atoms with Gasteiger partial charge in [0.15, 0.2) is 12.6 Å². The van der Waals surface area contributed by atoms with Gasteiger partial charge in [0.25, 0.3) is 0 Å². The monoisotopic (exact) mass is 467 g/mol. The summed E-state index contributed by atoms with van der Waals surface area (Å²) in [6.07, 6.45) is -10.8. The van der Waals surface area contributed by atoms with Crippen molar-refractivity contribution in [1.29, 1.82) is 0 Å². The minimum Gasteiger partial charge on any atom is -0.394 e. The predicted molar refractivity (Wildman–Crippen MR) is 108 cm³/mol.